The van der Waals surface area contributed by atoms with E-state index in [2.05, 4.69) is 43.4 Å². The molecule has 7 aromatic rings. The number of unbranched alkanes of at least 4 members (excludes halogenated alkanes) is 4. The third-order valence-electron chi connectivity index (χ3n) is 10.5. The Morgan fingerprint density at radius 2 is 0.578 bits per heavy atom. The van der Waals surface area contributed by atoms with Gasteiger partial charge in [0.2, 0.25) is 0 Å². The van der Waals surface area contributed by atoms with E-state index in [1.165, 1.54) is 143 Å². The van der Waals surface area contributed by atoms with E-state index < -0.39 is 65.6 Å². The Kier molecular flexibility index (Phi) is 62.7. The zero-order valence-corrected chi connectivity index (χ0v) is 62.2. The molecular weight excluding hydrogens is 1510 g/mol. The van der Waals surface area contributed by atoms with Crippen LogP contribution in [0.15, 0.2) is 127 Å². The second kappa shape index (κ2) is 58.8. The minimum absolute atomic E-state index is 0. The molecule has 0 fully saturated rings. The van der Waals surface area contributed by atoms with Gasteiger partial charge >= 0.3 is 172 Å². The van der Waals surface area contributed by atoms with E-state index in [1.807, 2.05) is 0 Å². The van der Waals surface area contributed by atoms with E-state index in [4.69, 9.17) is 153 Å². The van der Waals surface area contributed by atoms with E-state index in [0.29, 0.717) is 30.1 Å². The summed E-state index contributed by atoms with van der Waals surface area (Å²) in [6.07, 6.45) is 16.0. The largest absolute Gasteiger partial charge is 1.00 e. The summed E-state index contributed by atoms with van der Waals surface area (Å²) >= 11 is 72.5. The Balaban J connectivity index is -0.000000227. The predicted octanol–water partition coefficient (Wildman–Crippen LogP) is 22.6. The quantitative estimate of drug-likeness (QED) is 0.0495. The summed E-state index contributed by atoms with van der Waals surface area (Å²) in [5, 5.41) is 3.16. The molecule has 0 bridgehead atoms. The Morgan fingerprint density at radius 1 is 0.333 bits per heavy atom. The fourth-order valence-electron chi connectivity index (χ4n) is 6.18. The minimum atomic E-state index is -1.92. The molecule has 7 rings (SSSR count). The van der Waals surface area contributed by atoms with Gasteiger partial charge < -0.3 is 4.70 Å². The summed E-state index contributed by atoms with van der Waals surface area (Å²) in [5.41, 5.74) is 0. The molecule has 90 heavy (non-hydrogen) atoms. The van der Waals surface area contributed by atoms with Gasteiger partial charge in [-0.2, -0.15) is 0 Å². The van der Waals surface area contributed by atoms with Gasteiger partial charge in [0.15, 0.2) is 11.6 Å². The molecule has 0 aliphatic heterocycles. The first-order valence-corrected chi connectivity index (χ1v) is 33.9. The first-order chi connectivity index (χ1) is 41.4. The van der Waals surface area contributed by atoms with Gasteiger partial charge in [-0.15, -0.1) is 0 Å². The van der Waals surface area contributed by atoms with Crippen molar-refractivity contribution in [2.24, 2.45) is 0 Å². The second-order valence-electron chi connectivity index (χ2n) is 17.3. The van der Waals surface area contributed by atoms with Crippen LogP contribution in [-0.2, 0) is 0 Å². The van der Waals surface area contributed by atoms with Gasteiger partial charge in [0.25, 0.3) is 0 Å². The molecule has 0 heterocycles. The average Bonchev–Trinajstić information content (AvgIpc) is 0.799. The third kappa shape index (κ3) is 50.1. The molecule has 4 radical (unpaired) electrons. The first kappa shape index (κ1) is 96.1. The monoisotopic (exact) mass is 1570 g/mol. The van der Waals surface area contributed by atoms with Crippen LogP contribution in [0.1, 0.15) is 89.2 Å². The van der Waals surface area contributed by atoms with Crippen molar-refractivity contribution in [1.82, 2.24) is 0 Å². The van der Waals surface area contributed by atoms with Crippen molar-refractivity contribution >= 4 is 172 Å². The summed E-state index contributed by atoms with van der Waals surface area (Å²) in [6, 6.07) is 26.1. The van der Waals surface area contributed by atoms with E-state index in [1.54, 1.807) is 18.2 Å². The fraction of sp³-hybridized carbons (Fsp3) is 0.311. The van der Waals surface area contributed by atoms with Gasteiger partial charge in [-0.1, -0.05) is 147 Å². The Labute approximate surface area is 636 Å². The van der Waals surface area contributed by atoms with Gasteiger partial charge in [-0.3, -0.25) is 8.78 Å². The zero-order valence-electron chi connectivity index (χ0n) is 50.3. The standard InChI is InChI=1S/C16H36ClP.C6H3Cl3.3C6H3Cl2F.3C6H3ClF2.2CH2BF.CH4.FH.K/c1-5-9-13-18(17,14-10-6-2,15-11-7-3)16-12-8-4;7-4-1-2-5(8)6(9)3-4;7-4-1-2-6(9)5(8)3-4;7-5-2-1-4(9)3-6(5)8;7-4-1-2-5(8)6(9)3-4;7-5-3-4(8)1-2-6(5)9;7-5-2-1-4(8)3-6(5)9;7-4-1-2-5(8)6(9)3-4;2*2-1-3;;;/h5-16H2,1-4H3;7*1-3H;2*1H2;1H4;1H;/q;;;;;;;;;;;;+1/p-1/i;;;;;;;;2*1D;;;. The van der Waals surface area contributed by atoms with Gasteiger partial charge in [0.05, 0.1) is 42.9 Å². The number of benzene rings is 7. The molecule has 0 spiro atoms. The van der Waals surface area contributed by atoms with E-state index in [-0.39, 0.29) is 99.5 Å². The smallest absolute Gasteiger partial charge is 1.00 e. The average molecular weight is 1580 g/mol. The Hall–Kier alpha value is -0.334. The first-order valence-electron chi connectivity index (χ1n) is 26.7. The van der Waals surface area contributed by atoms with Crippen molar-refractivity contribution in [3.63, 3.8) is 0 Å². The van der Waals surface area contributed by atoms with Crippen LogP contribution in [0.25, 0.3) is 0 Å². The summed E-state index contributed by atoms with van der Waals surface area (Å²) in [6.45, 7) is 5.38. The molecule has 0 saturated heterocycles. The van der Waals surface area contributed by atoms with Crippen LogP contribution in [0.5, 0.6) is 0 Å². The Bertz CT molecular complexity index is 2550. The molecule has 2 unspecified atom stereocenters. The van der Waals surface area contributed by atoms with Crippen molar-refractivity contribution in [3.8, 4) is 0 Å². The van der Waals surface area contributed by atoms with Crippen LogP contribution in [0.4, 0.5) is 48.3 Å². The van der Waals surface area contributed by atoms with Crippen LogP contribution in [-0.4, -0.2) is 53.4 Å². The van der Waals surface area contributed by atoms with Gasteiger partial charge in [-0.05, 0) is 121 Å². The van der Waals surface area contributed by atoms with Crippen molar-refractivity contribution in [1.29, 1.82) is 0 Å². The fourth-order valence-corrected chi connectivity index (χ4v) is 15.3. The third-order valence-corrected chi connectivity index (χ3v) is 21.8. The van der Waals surface area contributed by atoms with Gasteiger partial charge in [0, 0.05) is 39.3 Å². The molecule has 496 valence electrons. The van der Waals surface area contributed by atoms with Crippen molar-refractivity contribution < 1.29 is 107 Å². The normalized spacial score (nSPS) is 11.0. The molecule has 0 aliphatic carbocycles. The minimum Gasteiger partial charge on any atom is -1.00 e. The van der Waals surface area contributed by atoms with Crippen molar-refractivity contribution in [2.45, 2.75) is 86.5 Å². The number of alkyl halides is 2. The molecule has 0 N–H and O–H groups in total. The van der Waals surface area contributed by atoms with Crippen LogP contribution < -0.4 is 56.1 Å². The maximum atomic E-state index is 12.4. The van der Waals surface area contributed by atoms with Crippen molar-refractivity contribution in [2.75, 3.05) is 37.7 Å². The van der Waals surface area contributed by atoms with Crippen LogP contribution in [0.3, 0.4) is 0 Å². The van der Waals surface area contributed by atoms with Gasteiger partial charge in [0.1, 0.15) is 56.4 Å². The molecule has 29 heteroatoms. The molecule has 0 aliphatic rings. The molecular formula is C61H65B2Cl13F12KP. The second-order valence-corrected chi connectivity index (χ2v) is 30.6. The summed E-state index contributed by atoms with van der Waals surface area (Å²) < 4.78 is 142. The predicted molar refractivity (Wildman–Crippen MR) is 367 cm³/mol. The van der Waals surface area contributed by atoms with Crippen LogP contribution >= 0.6 is 156 Å². The summed E-state index contributed by atoms with van der Waals surface area (Å²) in [5.74, 6) is -7.44. The van der Waals surface area contributed by atoms with Gasteiger partial charge in [-0.25, -0.2) is 39.5 Å². The van der Waals surface area contributed by atoms with E-state index in [9.17, 15) is 48.3 Å². The molecule has 7 aromatic carbocycles. The molecule has 2 atom stereocenters. The number of hydrogen-bond donors (Lipinski definition) is 0. The summed E-state index contributed by atoms with van der Waals surface area (Å²) in [7, 11) is 8.22. The Morgan fingerprint density at radius 3 is 0.822 bits per heavy atom. The molecule has 0 amide bonds. The molecule has 0 aromatic heterocycles. The maximum absolute atomic E-state index is 12.4. The van der Waals surface area contributed by atoms with Crippen LogP contribution in [0, 0.1) is 52.4 Å². The van der Waals surface area contributed by atoms with Crippen LogP contribution in [0.2, 0.25) is 60.3 Å². The van der Waals surface area contributed by atoms with E-state index >= 15 is 0 Å². The molecule has 0 saturated carbocycles. The van der Waals surface area contributed by atoms with E-state index in [0.717, 1.165) is 42.5 Å². The topological polar surface area (TPSA) is 0 Å². The zero-order chi connectivity index (χ0) is 69.1. The summed E-state index contributed by atoms with van der Waals surface area (Å²) in [4.78, 5) is 0. The number of halogens is 25. The number of rotatable bonds is 12. The maximum Gasteiger partial charge on any atom is 1.00 e. The molecule has 0 nitrogen and oxygen atoms in total. The van der Waals surface area contributed by atoms with Crippen molar-refractivity contribution in [3.05, 3.63) is 240 Å². The number of hydrogen-bond acceptors (Lipinski definition) is 0. The SMILES string of the molecule is C.CCCCP(Cl)(CCCC)(CCCC)CCCC.Clc1ccc(Cl)c(Cl)c1.Fc1cc(Cl)ccc1Cl.Fc1ccc(Cl)c(Cl)c1.Fc1ccc(Cl)c(F)c1.Fc1ccc(Cl)cc1Cl.Fc1ccc(Cl)cc1F.Fc1ccc(F)c(Cl)c1.[2H]C([B])F.[2H]C([B])F.[F-].[K+].